The topological polar surface area (TPSA) is 65.1 Å². The first-order chi connectivity index (χ1) is 11.6. The zero-order valence-electron chi connectivity index (χ0n) is 12.8. The number of rotatable bonds is 2. The van der Waals surface area contributed by atoms with Gasteiger partial charge in [-0.3, -0.25) is 4.79 Å². The van der Waals surface area contributed by atoms with Crippen LogP contribution in [0.25, 0.3) is 10.9 Å². The minimum atomic E-state index is -0.373. The van der Waals surface area contributed by atoms with E-state index >= 15 is 0 Å². The Morgan fingerprint density at radius 1 is 1.17 bits per heavy atom. The molecule has 0 bridgehead atoms. The van der Waals surface area contributed by atoms with Crippen molar-refractivity contribution in [3.05, 3.63) is 76.5 Å². The summed E-state index contributed by atoms with van der Waals surface area (Å²) in [6, 6.07) is 14.8. The van der Waals surface area contributed by atoms with Crippen molar-refractivity contribution in [3.63, 3.8) is 0 Å². The van der Waals surface area contributed by atoms with Crippen molar-refractivity contribution in [3.8, 4) is 0 Å². The van der Waals surface area contributed by atoms with Gasteiger partial charge in [-0.25, -0.2) is 0 Å². The summed E-state index contributed by atoms with van der Waals surface area (Å²) in [4.78, 5) is 15.6. The second-order valence-electron chi connectivity index (χ2n) is 6.08. The Morgan fingerprint density at radius 2 is 1.96 bits per heavy atom. The van der Waals surface area contributed by atoms with Crippen LogP contribution in [0.2, 0.25) is 5.02 Å². The number of aliphatic hydroxyl groups excluding tert-OH is 1. The van der Waals surface area contributed by atoms with Crippen LogP contribution in [0, 0.1) is 6.10 Å². The van der Waals surface area contributed by atoms with Crippen molar-refractivity contribution < 1.29 is 9.90 Å². The summed E-state index contributed by atoms with van der Waals surface area (Å²) in [6.45, 7) is 0. The molecule has 2 aromatic carbocycles. The van der Waals surface area contributed by atoms with Crippen LogP contribution in [0.4, 0.5) is 0 Å². The number of halogens is 1. The molecule has 0 unspecified atom stereocenters. The van der Waals surface area contributed by atoms with Crippen molar-refractivity contribution in [1.29, 1.82) is 0 Å². The maximum absolute atomic E-state index is 12.5. The van der Waals surface area contributed by atoms with Crippen LogP contribution >= 0.6 is 11.6 Å². The van der Waals surface area contributed by atoms with Crippen LogP contribution in [0.5, 0.6) is 0 Å². The Morgan fingerprint density at radius 3 is 2.79 bits per heavy atom. The van der Waals surface area contributed by atoms with E-state index in [2.05, 4.69) is 10.3 Å². The highest BCUT2D eigenvalue weighted by Crippen LogP contribution is 2.26. The molecule has 0 saturated heterocycles. The zero-order valence-corrected chi connectivity index (χ0v) is 13.6. The molecule has 1 radical (unpaired) electrons. The molecule has 0 aliphatic heterocycles. The highest BCUT2D eigenvalue weighted by atomic mass is 35.5. The molecule has 1 heterocycles. The lowest BCUT2D eigenvalue weighted by Crippen LogP contribution is -2.44. The largest absolute Gasteiger partial charge is 0.384 e. The first kappa shape index (κ1) is 15.2. The SMILES string of the molecule is O=C(N[C@@H]1Cc2ccccc2C[C]1O)c1cc2cc(Cl)ccc2[nH]1. The standard InChI is InChI=1S/C19H16ClN2O2/c20-14-5-6-15-13(7-14)9-17(21-15)19(24)22-16-8-11-3-1-2-4-12(11)10-18(16)23/h1-7,9,16,21,23H,8,10H2,(H,22,24)/t16-/m1/s1. The van der Waals surface area contributed by atoms with Crippen molar-refractivity contribution in [2.45, 2.75) is 18.9 Å². The van der Waals surface area contributed by atoms with Crippen molar-refractivity contribution in [2.75, 3.05) is 0 Å². The minimum Gasteiger partial charge on any atom is -0.384 e. The lowest BCUT2D eigenvalue weighted by molar-refractivity contribution is 0.0909. The zero-order chi connectivity index (χ0) is 16.7. The summed E-state index contributed by atoms with van der Waals surface area (Å²) >= 11 is 5.98. The average molecular weight is 340 g/mol. The molecule has 1 aliphatic rings. The number of benzene rings is 2. The van der Waals surface area contributed by atoms with Crippen LogP contribution in [0.3, 0.4) is 0 Å². The summed E-state index contributed by atoms with van der Waals surface area (Å²) in [5.41, 5.74) is 3.58. The fraction of sp³-hybridized carbons (Fsp3) is 0.158. The smallest absolute Gasteiger partial charge is 0.268 e. The van der Waals surface area contributed by atoms with E-state index in [0.29, 0.717) is 29.7 Å². The van der Waals surface area contributed by atoms with E-state index in [4.69, 9.17) is 11.6 Å². The molecule has 4 nitrogen and oxygen atoms in total. The van der Waals surface area contributed by atoms with Crippen molar-refractivity contribution in [1.82, 2.24) is 10.3 Å². The Balaban J connectivity index is 1.55. The predicted octanol–water partition coefficient (Wildman–Crippen LogP) is 3.62. The monoisotopic (exact) mass is 339 g/mol. The van der Waals surface area contributed by atoms with Crippen LogP contribution in [0.1, 0.15) is 21.6 Å². The number of aliphatic hydroxyl groups is 1. The lowest BCUT2D eigenvalue weighted by atomic mass is 9.86. The fourth-order valence-corrected chi connectivity index (χ4v) is 3.36. The normalized spacial score (nSPS) is 17.7. The Kier molecular flexibility index (Phi) is 3.79. The first-order valence-electron chi connectivity index (χ1n) is 7.81. The van der Waals surface area contributed by atoms with Gasteiger partial charge in [0.2, 0.25) is 0 Å². The summed E-state index contributed by atoms with van der Waals surface area (Å²) < 4.78 is 0. The van der Waals surface area contributed by atoms with Gasteiger partial charge in [0.05, 0.1) is 6.04 Å². The summed E-state index contributed by atoms with van der Waals surface area (Å²) in [5, 5.41) is 14.7. The number of fused-ring (bicyclic) bond motifs is 2. The van der Waals surface area contributed by atoms with Crippen LogP contribution in [-0.4, -0.2) is 22.0 Å². The minimum absolute atomic E-state index is 0.238. The first-order valence-corrected chi connectivity index (χ1v) is 8.18. The molecular weight excluding hydrogens is 324 g/mol. The van der Waals surface area contributed by atoms with E-state index in [9.17, 15) is 9.90 Å². The Bertz CT molecular complexity index is 919. The number of nitrogens with one attached hydrogen (secondary N) is 2. The number of hydrogen-bond donors (Lipinski definition) is 3. The fourth-order valence-electron chi connectivity index (χ4n) is 3.18. The van der Waals surface area contributed by atoms with Gasteiger partial charge in [0.1, 0.15) is 11.8 Å². The number of carbonyl (C=O) groups excluding carboxylic acids is 1. The molecule has 0 saturated carbocycles. The van der Waals surface area contributed by atoms with Gasteiger partial charge in [-0.15, -0.1) is 0 Å². The number of aromatic amines is 1. The van der Waals surface area contributed by atoms with E-state index in [-0.39, 0.29) is 11.9 Å². The van der Waals surface area contributed by atoms with E-state index < -0.39 is 0 Å². The molecule has 0 fully saturated rings. The lowest BCUT2D eigenvalue weighted by Gasteiger charge is -2.29. The molecule has 1 amide bonds. The Hall–Kier alpha value is -2.30. The molecule has 3 N–H and O–H groups in total. The second kappa shape index (κ2) is 5.96. The third-order valence-corrected chi connectivity index (χ3v) is 4.68. The molecule has 5 heteroatoms. The number of amides is 1. The predicted molar refractivity (Wildman–Crippen MR) is 93.6 cm³/mol. The highest BCUT2D eigenvalue weighted by molar-refractivity contribution is 6.31. The second-order valence-corrected chi connectivity index (χ2v) is 6.52. The van der Waals surface area contributed by atoms with Gasteiger partial charge >= 0.3 is 0 Å². The van der Waals surface area contributed by atoms with E-state index in [1.165, 1.54) is 0 Å². The molecule has 0 spiro atoms. The van der Waals surface area contributed by atoms with Crippen LogP contribution in [0.15, 0.2) is 48.5 Å². The molecular formula is C19H16ClN2O2. The van der Waals surface area contributed by atoms with Gasteiger partial charge in [-0.1, -0.05) is 35.9 Å². The van der Waals surface area contributed by atoms with Crippen LogP contribution in [-0.2, 0) is 12.8 Å². The van der Waals surface area contributed by atoms with E-state index in [1.54, 1.807) is 12.1 Å². The summed E-state index contributed by atoms with van der Waals surface area (Å²) in [6.07, 6.45) is 1.37. The molecule has 1 atom stereocenters. The molecule has 1 aliphatic carbocycles. The highest BCUT2D eigenvalue weighted by Gasteiger charge is 2.29. The maximum atomic E-state index is 12.5. The van der Waals surface area contributed by atoms with Gasteiger partial charge in [0, 0.05) is 22.3 Å². The number of aromatic nitrogens is 1. The van der Waals surface area contributed by atoms with E-state index in [1.807, 2.05) is 36.4 Å². The third-order valence-electron chi connectivity index (χ3n) is 4.45. The van der Waals surface area contributed by atoms with Crippen LogP contribution < -0.4 is 5.32 Å². The molecule has 24 heavy (non-hydrogen) atoms. The number of carbonyl (C=O) groups is 1. The molecule has 121 valence electrons. The maximum Gasteiger partial charge on any atom is 0.268 e. The quantitative estimate of drug-likeness (QED) is 0.667. The third kappa shape index (κ3) is 2.79. The summed E-state index contributed by atoms with van der Waals surface area (Å²) in [7, 11) is 0. The number of hydrogen-bond acceptors (Lipinski definition) is 2. The Labute approximate surface area is 144 Å². The van der Waals surface area contributed by atoms with Gasteiger partial charge in [0.25, 0.3) is 5.91 Å². The van der Waals surface area contributed by atoms with Gasteiger partial charge < -0.3 is 15.4 Å². The molecule has 3 aromatic rings. The van der Waals surface area contributed by atoms with Crippen molar-refractivity contribution >= 4 is 28.4 Å². The summed E-state index contributed by atoms with van der Waals surface area (Å²) in [5.74, 6) is -0.238. The molecule has 1 aromatic heterocycles. The number of H-pyrrole nitrogens is 1. The van der Waals surface area contributed by atoms with E-state index in [0.717, 1.165) is 22.0 Å². The van der Waals surface area contributed by atoms with Gasteiger partial charge in [0.15, 0.2) is 0 Å². The van der Waals surface area contributed by atoms with Crippen molar-refractivity contribution in [2.24, 2.45) is 0 Å². The molecule has 4 rings (SSSR count). The average Bonchev–Trinajstić information content (AvgIpc) is 2.98. The van der Waals surface area contributed by atoms with Gasteiger partial charge in [-0.05, 0) is 41.8 Å². The van der Waals surface area contributed by atoms with Gasteiger partial charge in [-0.2, -0.15) is 0 Å².